The van der Waals surface area contributed by atoms with Crippen molar-refractivity contribution in [3.63, 3.8) is 0 Å². The maximum Gasteiger partial charge on any atom is 0.262 e. The number of rotatable bonds is 9. The average molecular weight is 435 g/mol. The van der Waals surface area contributed by atoms with E-state index in [0.29, 0.717) is 12.2 Å². The van der Waals surface area contributed by atoms with Gasteiger partial charge in [0.2, 0.25) is 0 Å². The largest absolute Gasteiger partial charge is 0.484 e. The van der Waals surface area contributed by atoms with Gasteiger partial charge in [-0.25, -0.2) is 5.43 Å². The molecule has 0 radical (unpaired) electrons. The van der Waals surface area contributed by atoms with Crippen molar-refractivity contribution in [2.45, 2.75) is 40.2 Å². The molecule has 0 unspecified atom stereocenters. The summed E-state index contributed by atoms with van der Waals surface area (Å²) in [6, 6.07) is 14.7. The second-order valence-corrected chi connectivity index (χ2v) is 8.25. The minimum Gasteiger partial charge on any atom is -0.484 e. The maximum absolute atomic E-state index is 12.7. The Bertz CT molecular complexity index is 1120. The van der Waals surface area contributed by atoms with Gasteiger partial charge in [-0.2, -0.15) is 5.10 Å². The Kier molecular flexibility index (Phi) is 7.65. The Morgan fingerprint density at radius 2 is 1.81 bits per heavy atom. The maximum atomic E-state index is 12.7. The van der Waals surface area contributed by atoms with Crippen LogP contribution in [0.2, 0.25) is 0 Å². The molecular weight excluding hydrogens is 404 g/mol. The van der Waals surface area contributed by atoms with Crippen molar-refractivity contribution >= 4 is 28.9 Å². The Labute approximate surface area is 188 Å². The third-order valence-electron chi connectivity index (χ3n) is 5.12. The number of aryl methyl sites for hydroxylation is 2. The Balaban J connectivity index is 1.61. The summed E-state index contributed by atoms with van der Waals surface area (Å²) in [6.45, 7) is 7.70. The number of hydrogen-bond donors (Lipinski definition) is 3. The lowest BCUT2D eigenvalue weighted by Gasteiger charge is -2.19. The molecule has 0 spiro atoms. The fraction of sp³-hybridized carbons (Fsp3) is 0.320. The smallest absolute Gasteiger partial charge is 0.262 e. The standard InChI is InChI=1S/C25H30N4O3/c1-16(2)13-22(28-24(30)15-32-23-12-8-5-9-17(23)3)25(31)29-26-14-20-18(4)27-21-11-7-6-10-19(20)21/h5-12,14,16,22,27H,13,15H2,1-4H3,(H,28,30)(H,29,31)/b26-14-/t22-/m0/s1. The first-order chi connectivity index (χ1) is 15.3. The van der Waals surface area contributed by atoms with Crippen LogP contribution in [0.15, 0.2) is 53.6 Å². The van der Waals surface area contributed by atoms with Crippen LogP contribution in [-0.4, -0.2) is 35.7 Å². The number of nitrogens with zero attached hydrogens (tertiary/aromatic N) is 1. The zero-order chi connectivity index (χ0) is 23.1. The van der Waals surface area contributed by atoms with Gasteiger partial charge >= 0.3 is 0 Å². The van der Waals surface area contributed by atoms with E-state index in [9.17, 15) is 9.59 Å². The number of aromatic nitrogens is 1. The van der Waals surface area contributed by atoms with Crippen LogP contribution in [0.4, 0.5) is 0 Å². The summed E-state index contributed by atoms with van der Waals surface area (Å²) >= 11 is 0. The summed E-state index contributed by atoms with van der Waals surface area (Å²) in [6.07, 6.45) is 2.12. The Morgan fingerprint density at radius 3 is 2.56 bits per heavy atom. The average Bonchev–Trinajstić information content (AvgIpc) is 3.07. The predicted molar refractivity (Wildman–Crippen MR) is 127 cm³/mol. The lowest BCUT2D eigenvalue weighted by molar-refractivity contribution is -0.130. The van der Waals surface area contributed by atoms with Crippen LogP contribution >= 0.6 is 0 Å². The van der Waals surface area contributed by atoms with E-state index >= 15 is 0 Å². The molecule has 1 heterocycles. The lowest BCUT2D eigenvalue weighted by Crippen LogP contribution is -2.47. The SMILES string of the molecule is Cc1ccccc1OCC(=O)N[C@@H](CC(C)C)C(=O)N/N=C\c1c(C)[nH]c2ccccc12. The summed E-state index contributed by atoms with van der Waals surface area (Å²) in [5, 5.41) is 7.94. The van der Waals surface area contributed by atoms with Crippen molar-refractivity contribution in [2.24, 2.45) is 11.0 Å². The Morgan fingerprint density at radius 1 is 1.09 bits per heavy atom. The first-order valence-corrected chi connectivity index (χ1v) is 10.7. The highest BCUT2D eigenvalue weighted by Crippen LogP contribution is 2.20. The summed E-state index contributed by atoms with van der Waals surface area (Å²) in [5.41, 5.74) is 6.40. The van der Waals surface area contributed by atoms with Gasteiger partial charge in [-0.3, -0.25) is 9.59 Å². The fourth-order valence-corrected chi connectivity index (χ4v) is 3.50. The van der Waals surface area contributed by atoms with Gasteiger partial charge in [0.25, 0.3) is 11.8 Å². The van der Waals surface area contributed by atoms with Crippen molar-refractivity contribution < 1.29 is 14.3 Å². The highest BCUT2D eigenvalue weighted by molar-refractivity contribution is 6.01. The topological polar surface area (TPSA) is 95.6 Å². The molecule has 3 N–H and O–H groups in total. The van der Waals surface area contributed by atoms with E-state index in [1.54, 1.807) is 6.21 Å². The number of carbonyl (C=O) groups is 2. The first-order valence-electron chi connectivity index (χ1n) is 10.7. The molecule has 2 amide bonds. The van der Waals surface area contributed by atoms with E-state index in [-0.39, 0.29) is 24.3 Å². The number of amides is 2. The molecule has 0 saturated heterocycles. The fourth-order valence-electron chi connectivity index (χ4n) is 3.50. The van der Waals surface area contributed by atoms with Crippen molar-refractivity contribution in [3.05, 3.63) is 65.4 Å². The molecule has 0 aliphatic heterocycles. The molecule has 2 aromatic carbocycles. The molecule has 0 fully saturated rings. The van der Waals surface area contributed by atoms with Crippen molar-refractivity contribution in [2.75, 3.05) is 6.61 Å². The third kappa shape index (κ3) is 5.97. The molecule has 0 aliphatic rings. The lowest BCUT2D eigenvalue weighted by atomic mass is 10.0. The summed E-state index contributed by atoms with van der Waals surface area (Å²) in [4.78, 5) is 28.4. The summed E-state index contributed by atoms with van der Waals surface area (Å²) in [5.74, 6) is 0.136. The van der Waals surface area contributed by atoms with Gasteiger partial charge in [0.15, 0.2) is 6.61 Å². The predicted octanol–water partition coefficient (Wildman–Crippen LogP) is 3.84. The van der Waals surface area contributed by atoms with Crippen LogP contribution in [0, 0.1) is 19.8 Å². The molecular formula is C25H30N4O3. The van der Waals surface area contributed by atoms with E-state index in [1.165, 1.54) is 0 Å². The molecule has 1 atom stereocenters. The molecule has 3 rings (SSSR count). The number of fused-ring (bicyclic) bond motifs is 1. The molecule has 7 heteroatoms. The van der Waals surface area contributed by atoms with Gasteiger partial charge in [-0.15, -0.1) is 0 Å². The molecule has 3 aromatic rings. The minimum atomic E-state index is -0.704. The van der Waals surface area contributed by atoms with Gasteiger partial charge in [-0.1, -0.05) is 50.2 Å². The zero-order valence-corrected chi connectivity index (χ0v) is 18.9. The molecule has 1 aromatic heterocycles. The van der Waals surface area contributed by atoms with Crippen LogP contribution < -0.4 is 15.5 Å². The van der Waals surface area contributed by atoms with Crippen molar-refractivity contribution in [1.82, 2.24) is 15.7 Å². The quantitative estimate of drug-likeness (QED) is 0.353. The molecule has 0 bridgehead atoms. The summed E-state index contributed by atoms with van der Waals surface area (Å²) < 4.78 is 5.59. The van der Waals surface area contributed by atoms with Crippen LogP contribution in [0.3, 0.4) is 0 Å². The highest BCUT2D eigenvalue weighted by atomic mass is 16.5. The molecule has 0 saturated carbocycles. The summed E-state index contributed by atoms with van der Waals surface area (Å²) in [7, 11) is 0. The molecule has 0 aliphatic carbocycles. The van der Waals surface area contributed by atoms with E-state index in [0.717, 1.165) is 27.7 Å². The number of nitrogens with one attached hydrogen (secondary N) is 3. The van der Waals surface area contributed by atoms with Crippen molar-refractivity contribution in [1.29, 1.82) is 0 Å². The molecule has 168 valence electrons. The van der Waals surface area contributed by atoms with Crippen LogP contribution in [-0.2, 0) is 9.59 Å². The van der Waals surface area contributed by atoms with Gasteiger partial charge < -0.3 is 15.0 Å². The van der Waals surface area contributed by atoms with Gasteiger partial charge in [0.1, 0.15) is 11.8 Å². The number of benzene rings is 2. The number of H-pyrrole nitrogens is 1. The number of hydrogen-bond acceptors (Lipinski definition) is 4. The second-order valence-electron chi connectivity index (χ2n) is 8.25. The molecule has 32 heavy (non-hydrogen) atoms. The monoisotopic (exact) mass is 434 g/mol. The molecule has 7 nitrogen and oxygen atoms in total. The number of carbonyl (C=O) groups excluding carboxylic acids is 2. The second kappa shape index (κ2) is 10.6. The number of para-hydroxylation sites is 2. The van der Waals surface area contributed by atoms with E-state index in [4.69, 9.17) is 4.74 Å². The van der Waals surface area contributed by atoms with E-state index in [1.807, 2.05) is 76.2 Å². The number of ether oxygens (including phenoxy) is 1. The normalized spacial score (nSPS) is 12.3. The van der Waals surface area contributed by atoms with E-state index < -0.39 is 6.04 Å². The Hall–Kier alpha value is -3.61. The van der Waals surface area contributed by atoms with Crippen LogP contribution in [0.5, 0.6) is 5.75 Å². The van der Waals surface area contributed by atoms with Gasteiger partial charge in [-0.05, 0) is 43.9 Å². The van der Waals surface area contributed by atoms with Crippen LogP contribution in [0.25, 0.3) is 10.9 Å². The minimum absolute atomic E-state index is 0.162. The zero-order valence-electron chi connectivity index (χ0n) is 18.9. The highest BCUT2D eigenvalue weighted by Gasteiger charge is 2.22. The van der Waals surface area contributed by atoms with Gasteiger partial charge in [0, 0.05) is 22.2 Å². The number of aromatic amines is 1. The van der Waals surface area contributed by atoms with Crippen LogP contribution in [0.1, 0.15) is 37.1 Å². The van der Waals surface area contributed by atoms with Crippen molar-refractivity contribution in [3.8, 4) is 5.75 Å². The third-order valence-corrected chi connectivity index (χ3v) is 5.12. The van der Waals surface area contributed by atoms with E-state index in [2.05, 4.69) is 20.8 Å². The first kappa shape index (κ1) is 23.1. The number of hydrazone groups is 1. The van der Waals surface area contributed by atoms with Gasteiger partial charge in [0.05, 0.1) is 6.21 Å².